The quantitative estimate of drug-likeness (QED) is 0.321. The SMILES string of the molecule is FC(F)C(F)(F)COB1OB(OCC(F)(F)C(F)F)OB(OCC(F)(F)C(F)F)O1. The molecule has 0 radical (unpaired) electrons. The number of alkyl halides is 12. The molecule has 0 aromatic heterocycles. The van der Waals surface area contributed by atoms with Crippen LogP contribution in [0.2, 0.25) is 0 Å². The van der Waals surface area contributed by atoms with Crippen molar-refractivity contribution in [1.82, 2.24) is 0 Å². The first-order chi connectivity index (χ1) is 13.6. The normalized spacial score (nSPS) is 17.1. The van der Waals surface area contributed by atoms with Crippen molar-refractivity contribution in [2.24, 2.45) is 0 Å². The molecule has 0 unspecified atom stereocenters. The second-order valence-corrected chi connectivity index (χ2v) is 5.39. The molecule has 6 nitrogen and oxygen atoms in total. The van der Waals surface area contributed by atoms with Crippen LogP contribution in [0.15, 0.2) is 0 Å². The third kappa shape index (κ3) is 8.33. The summed E-state index contributed by atoms with van der Waals surface area (Å²) in [4.78, 5) is 0. The molecule has 1 aliphatic rings. The molecule has 0 bridgehead atoms. The van der Waals surface area contributed by atoms with E-state index in [4.69, 9.17) is 0 Å². The number of rotatable bonds is 12. The summed E-state index contributed by atoms with van der Waals surface area (Å²) in [6, 6.07) is 0. The van der Waals surface area contributed by atoms with Gasteiger partial charge in [0.25, 0.3) is 0 Å². The van der Waals surface area contributed by atoms with Crippen LogP contribution in [0.25, 0.3) is 0 Å². The Labute approximate surface area is 160 Å². The van der Waals surface area contributed by atoms with Crippen LogP contribution < -0.4 is 0 Å². The van der Waals surface area contributed by atoms with Crippen LogP contribution in [0.5, 0.6) is 0 Å². The topological polar surface area (TPSA) is 55.4 Å². The van der Waals surface area contributed by atoms with Crippen molar-refractivity contribution >= 4 is 22.0 Å². The van der Waals surface area contributed by atoms with Crippen LogP contribution in [0.4, 0.5) is 52.7 Å². The highest BCUT2D eigenvalue weighted by molar-refractivity contribution is 6.66. The predicted molar refractivity (Wildman–Crippen MR) is 71.2 cm³/mol. The molecule has 0 amide bonds. The van der Waals surface area contributed by atoms with Crippen LogP contribution in [-0.4, -0.2) is 78.8 Å². The summed E-state index contributed by atoms with van der Waals surface area (Å²) in [6.45, 7) is -6.39. The van der Waals surface area contributed by atoms with E-state index in [0.717, 1.165) is 0 Å². The highest BCUT2D eigenvalue weighted by Gasteiger charge is 2.52. The predicted octanol–water partition coefficient (Wildman–Crippen LogP) is 2.76. The highest BCUT2D eigenvalue weighted by atomic mass is 19.3. The van der Waals surface area contributed by atoms with E-state index in [1.54, 1.807) is 0 Å². The van der Waals surface area contributed by atoms with Gasteiger partial charge in [-0.1, -0.05) is 0 Å². The van der Waals surface area contributed by atoms with E-state index in [-0.39, 0.29) is 0 Å². The molecule has 0 aromatic rings. The van der Waals surface area contributed by atoms with Gasteiger partial charge in [0.2, 0.25) is 0 Å². The molecule has 0 atom stereocenters. The first-order valence-electron chi connectivity index (χ1n) is 7.36. The zero-order chi connectivity index (χ0) is 23.3. The second kappa shape index (κ2) is 10.6. The summed E-state index contributed by atoms with van der Waals surface area (Å²) in [6.07, 6.45) is -12.7. The van der Waals surface area contributed by atoms with Gasteiger partial charge < -0.3 is 27.7 Å². The van der Waals surface area contributed by atoms with E-state index in [2.05, 4.69) is 27.7 Å². The molecule has 21 heteroatoms. The summed E-state index contributed by atoms with van der Waals surface area (Å²) in [5.74, 6) is -14.4. The summed E-state index contributed by atoms with van der Waals surface area (Å²) < 4.78 is 174. The summed E-state index contributed by atoms with van der Waals surface area (Å²) >= 11 is 0. The van der Waals surface area contributed by atoms with E-state index in [1.807, 2.05) is 0 Å². The molecule has 0 saturated carbocycles. The molecular weight excluding hydrogens is 465 g/mol. The van der Waals surface area contributed by atoms with Crippen molar-refractivity contribution in [1.29, 1.82) is 0 Å². The van der Waals surface area contributed by atoms with E-state index in [1.165, 1.54) is 0 Å². The molecule has 1 fully saturated rings. The minimum absolute atomic E-state index is 2.13. The maximum atomic E-state index is 12.8. The van der Waals surface area contributed by atoms with Crippen molar-refractivity contribution in [2.75, 3.05) is 19.8 Å². The molecule has 1 rings (SSSR count). The molecule has 0 aliphatic carbocycles. The van der Waals surface area contributed by atoms with Crippen molar-refractivity contribution in [3.8, 4) is 0 Å². The van der Waals surface area contributed by atoms with E-state index >= 15 is 0 Å². The summed E-state index contributed by atoms with van der Waals surface area (Å²) in [5, 5.41) is 0. The zero-order valence-electron chi connectivity index (χ0n) is 14.1. The maximum absolute atomic E-state index is 12.8. The van der Waals surface area contributed by atoms with Crippen molar-refractivity contribution in [2.45, 2.75) is 37.0 Å². The van der Waals surface area contributed by atoms with Crippen LogP contribution in [0, 0.1) is 0 Å². The van der Waals surface area contributed by atoms with Gasteiger partial charge in [0.05, 0.1) is 0 Å². The minimum atomic E-state index is -4.79. The average Bonchev–Trinajstić information content (AvgIpc) is 2.63. The van der Waals surface area contributed by atoms with Gasteiger partial charge in [0, 0.05) is 0 Å². The van der Waals surface area contributed by atoms with Gasteiger partial charge in [-0.05, 0) is 0 Å². The summed E-state index contributed by atoms with van der Waals surface area (Å²) in [7, 11) is -7.75. The largest absolute Gasteiger partial charge is 0.615 e. The Morgan fingerprint density at radius 3 is 0.867 bits per heavy atom. The van der Waals surface area contributed by atoms with Crippen molar-refractivity contribution in [3.05, 3.63) is 0 Å². The molecule has 1 heterocycles. The maximum Gasteiger partial charge on any atom is 0.615 e. The van der Waals surface area contributed by atoms with E-state index in [0.29, 0.717) is 0 Å². The monoisotopic (exact) mass is 474 g/mol. The van der Waals surface area contributed by atoms with Crippen LogP contribution in [0.3, 0.4) is 0 Å². The fourth-order valence-electron chi connectivity index (χ4n) is 1.33. The van der Waals surface area contributed by atoms with Crippen LogP contribution in [0.1, 0.15) is 0 Å². The van der Waals surface area contributed by atoms with Crippen molar-refractivity contribution < 1.29 is 80.4 Å². The van der Waals surface area contributed by atoms with Gasteiger partial charge in [-0.3, -0.25) is 0 Å². The molecule has 1 saturated heterocycles. The Morgan fingerprint density at radius 2 is 0.700 bits per heavy atom. The lowest BCUT2D eigenvalue weighted by atomic mass is 9.96. The molecule has 0 N–H and O–H groups in total. The Bertz CT molecular complexity index is 454. The lowest BCUT2D eigenvalue weighted by Crippen LogP contribution is -2.55. The van der Waals surface area contributed by atoms with Gasteiger partial charge in [0.15, 0.2) is 0 Å². The Hall–Kier alpha value is -0.885. The second-order valence-electron chi connectivity index (χ2n) is 5.39. The lowest BCUT2D eigenvalue weighted by molar-refractivity contribution is -0.162. The molecule has 30 heavy (non-hydrogen) atoms. The fourth-order valence-corrected chi connectivity index (χ4v) is 1.33. The first kappa shape index (κ1) is 27.1. The third-order valence-electron chi connectivity index (χ3n) is 2.86. The molecule has 1 aliphatic heterocycles. The van der Waals surface area contributed by atoms with E-state index < -0.39 is 78.8 Å². The van der Waals surface area contributed by atoms with E-state index in [9.17, 15) is 52.7 Å². The fraction of sp³-hybridized carbons (Fsp3) is 1.00. The summed E-state index contributed by atoms with van der Waals surface area (Å²) in [5.41, 5.74) is 0. The first-order valence-corrected chi connectivity index (χ1v) is 7.36. The molecule has 0 aromatic carbocycles. The van der Waals surface area contributed by atoms with Gasteiger partial charge in [-0.25, -0.2) is 26.3 Å². The van der Waals surface area contributed by atoms with Crippen molar-refractivity contribution in [3.63, 3.8) is 0 Å². The average molecular weight is 474 g/mol. The third-order valence-corrected chi connectivity index (χ3v) is 2.86. The highest BCUT2D eigenvalue weighted by Crippen LogP contribution is 2.27. The van der Waals surface area contributed by atoms with Crippen LogP contribution >= 0.6 is 0 Å². The molecule has 0 spiro atoms. The number of hydrogen-bond acceptors (Lipinski definition) is 6. The Morgan fingerprint density at radius 1 is 0.500 bits per heavy atom. The Kier molecular flexibility index (Phi) is 9.61. The van der Waals surface area contributed by atoms with Gasteiger partial charge in [0.1, 0.15) is 19.8 Å². The van der Waals surface area contributed by atoms with Gasteiger partial charge in [-0.2, -0.15) is 26.3 Å². The zero-order valence-corrected chi connectivity index (χ0v) is 14.1. The Balaban J connectivity index is 2.77. The lowest BCUT2D eigenvalue weighted by Gasteiger charge is -2.30. The van der Waals surface area contributed by atoms with Crippen LogP contribution in [-0.2, 0) is 27.7 Å². The van der Waals surface area contributed by atoms with Gasteiger partial charge in [-0.15, -0.1) is 0 Å². The molecular formula is C9H9B3F12O6. The smallest absolute Gasteiger partial charge is 0.400 e. The minimum Gasteiger partial charge on any atom is -0.400 e. The number of hydrogen-bond donors (Lipinski definition) is 0. The van der Waals surface area contributed by atoms with Gasteiger partial charge >= 0.3 is 59.0 Å². The molecule has 174 valence electrons. The number of halogens is 12. The standard InChI is InChI=1S/C9H9B3F12O6/c13-4(14)7(19,20)1-25-10-28-11(26-2-8(21,22)5(15)16)30-12(29-10)27-3-9(23,24)6(17)18/h4-6H,1-3H2.